The van der Waals surface area contributed by atoms with E-state index in [1.54, 1.807) is 6.20 Å². The molecule has 140 valence electrons. The minimum absolute atomic E-state index is 0.0361. The van der Waals surface area contributed by atoms with Gasteiger partial charge < -0.3 is 9.88 Å². The molecule has 6 heteroatoms. The zero-order valence-corrected chi connectivity index (χ0v) is 15.3. The first-order valence-corrected chi connectivity index (χ1v) is 9.50. The van der Waals surface area contributed by atoms with Crippen molar-refractivity contribution in [2.24, 2.45) is 0 Å². The highest BCUT2D eigenvalue weighted by atomic mass is 16.2. The van der Waals surface area contributed by atoms with Gasteiger partial charge >= 0.3 is 0 Å². The molecule has 4 aromatic rings. The van der Waals surface area contributed by atoms with Crippen LogP contribution in [0.5, 0.6) is 0 Å². The van der Waals surface area contributed by atoms with Crippen molar-refractivity contribution < 1.29 is 4.79 Å². The number of aromatic nitrogens is 3. The summed E-state index contributed by atoms with van der Waals surface area (Å²) in [5.41, 5.74) is 2.38. The molecule has 1 aliphatic heterocycles. The number of H-pyrrole nitrogens is 1. The van der Waals surface area contributed by atoms with E-state index in [9.17, 15) is 9.59 Å². The summed E-state index contributed by atoms with van der Waals surface area (Å²) in [4.78, 5) is 30.6. The highest BCUT2D eigenvalue weighted by Gasteiger charge is 2.27. The number of carbonyl (C=O) groups is 1. The van der Waals surface area contributed by atoms with Crippen molar-refractivity contribution in [3.05, 3.63) is 76.7 Å². The molecule has 2 aromatic heterocycles. The van der Waals surface area contributed by atoms with E-state index >= 15 is 0 Å². The zero-order valence-electron chi connectivity index (χ0n) is 15.3. The molecule has 0 spiro atoms. The molecule has 28 heavy (non-hydrogen) atoms. The van der Waals surface area contributed by atoms with Crippen molar-refractivity contribution in [1.29, 1.82) is 0 Å². The third-order valence-corrected chi connectivity index (χ3v) is 5.62. The molecule has 1 unspecified atom stereocenters. The Labute approximate surface area is 161 Å². The summed E-state index contributed by atoms with van der Waals surface area (Å²) in [6.07, 6.45) is 2.61. The predicted octanol–water partition coefficient (Wildman–Crippen LogP) is 2.89. The second-order valence-electron chi connectivity index (χ2n) is 7.30. The van der Waals surface area contributed by atoms with Crippen LogP contribution in [-0.4, -0.2) is 38.7 Å². The van der Waals surface area contributed by atoms with Gasteiger partial charge in [0.1, 0.15) is 12.1 Å². The van der Waals surface area contributed by atoms with Crippen LogP contribution >= 0.6 is 0 Å². The predicted molar refractivity (Wildman–Crippen MR) is 108 cm³/mol. The van der Waals surface area contributed by atoms with Crippen LogP contribution < -0.4 is 5.56 Å². The fourth-order valence-corrected chi connectivity index (χ4v) is 4.10. The van der Waals surface area contributed by atoms with Crippen LogP contribution in [0.1, 0.15) is 17.9 Å². The standard InChI is InChI=1S/C22H20N4O2/c27-20(25-11-10-16(13-25)15-6-2-1-3-7-15)14-26-22(28)21-18(12-23-26)17-8-4-5-9-19(17)24-21/h1-9,12,16,24H,10-11,13-14H2. The molecule has 6 nitrogen and oxygen atoms in total. The lowest BCUT2D eigenvalue weighted by molar-refractivity contribution is -0.131. The lowest BCUT2D eigenvalue weighted by Gasteiger charge is -2.17. The number of fused-ring (bicyclic) bond motifs is 3. The van der Waals surface area contributed by atoms with E-state index in [1.165, 1.54) is 10.2 Å². The van der Waals surface area contributed by atoms with E-state index in [0.29, 0.717) is 24.5 Å². The maximum absolute atomic E-state index is 12.8. The van der Waals surface area contributed by atoms with Crippen LogP contribution in [0.25, 0.3) is 21.8 Å². The second kappa shape index (κ2) is 6.64. The molecular formula is C22H20N4O2. The van der Waals surface area contributed by atoms with Gasteiger partial charge in [-0.15, -0.1) is 0 Å². The highest BCUT2D eigenvalue weighted by Crippen LogP contribution is 2.27. The van der Waals surface area contributed by atoms with Crippen LogP contribution in [-0.2, 0) is 11.3 Å². The molecule has 3 heterocycles. The number of benzene rings is 2. The summed E-state index contributed by atoms with van der Waals surface area (Å²) in [7, 11) is 0. The average molecular weight is 372 g/mol. The van der Waals surface area contributed by atoms with Crippen molar-refractivity contribution in [2.75, 3.05) is 13.1 Å². The van der Waals surface area contributed by atoms with Crippen molar-refractivity contribution in [2.45, 2.75) is 18.9 Å². The van der Waals surface area contributed by atoms with E-state index < -0.39 is 0 Å². The smallest absolute Gasteiger partial charge is 0.291 e. The number of aromatic amines is 1. The Bertz CT molecular complexity index is 1230. The van der Waals surface area contributed by atoms with Gasteiger partial charge in [-0.25, -0.2) is 4.68 Å². The van der Waals surface area contributed by atoms with Gasteiger partial charge in [0.05, 0.1) is 6.20 Å². The molecule has 0 aliphatic carbocycles. The van der Waals surface area contributed by atoms with Gasteiger partial charge in [0.2, 0.25) is 5.91 Å². The number of amides is 1. The summed E-state index contributed by atoms with van der Waals surface area (Å²) in [6.45, 7) is 1.36. The lowest BCUT2D eigenvalue weighted by atomic mass is 9.99. The number of nitrogens with zero attached hydrogens (tertiary/aromatic N) is 3. The van der Waals surface area contributed by atoms with Crippen molar-refractivity contribution in [3.63, 3.8) is 0 Å². The van der Waals surface area contributed by atoms with Crippen LogP contribution in [0, 0.1) is 0 Å². The van der Waals surface area contributed by atoms with Crippen LogP contribution in [0.3, 0.4) is 0 Å². The molecule has 1 amide bonds. The van der Waals surface area contributed by atoms with E-state index in [4.69, 9.17) is 0 Å². The van der Waals surface area contributed by atoms with Gasteiger partial charge in [0.25, 0.3) is 5.56 Å². The average Bonchev–Trinajstić information content (AvgIpc) is 3.36. The van der Waals surface area contributed by atoms with Gasteiger partial charge in [-0.3, -0.25) is 9.59 Å². The van der Waals surface area contributed by atoms with Crippen LogP contribution in [0.15, 0.2) is 65.6 Å². The third kappa shape index (κ3) is 2.78. The molecule has 1 fully saturated rings. The first kappa shape index (κ1) is 16.7. The van der Waals surface area contributed by atoms with E-state index in [-0.39, 0.29) is 18.0 Å². The van der Waals surface area contributed by atoms with Crippen LogP contribution in [0.2, 0.25) is 0 Å². The first-order valence-electron chi connectivity index (χ1n) is 9.50. The number of rotatable bonds is 3. The van der Waals surface area contributed by atoms with Gasteiger partial charge in [0.15, 0.2) is 0 Å². The molecule has 0 bridgehead atoms. The normalized spacial score (nSPS) is 16.9. The largest absolute Gasteiger partial charge is 0.350 e. The first-order chi connectivity index (χ1) is 13.7. The summed E-state index contributed by atoms with van der Waals surface area (Å²) in [6, 6.07) is 18.0. The SMILES string of the molecule is O=C(Cn1ncc2c([nH]c3ccccc32)c1=O)N1CCC(c2ccccc2)C1. The molecule has 1 N–H and O–H groups in total. The Morgan fingerprint density at radius 2 is 1.86 bits per heavy atom. The second-order valence-corrected chi connectivity index (χ2v) is 7.30. The summed E-state index contributed by atoms with van der Waals surface area (Å²) in [5, 5.41) is 6.00. The number of likely N-dealkylation sites (tertiary alicyclic amines) is 1. The van der Waals surface area contributed by atoms with Gasteiger partial charge in [0, 0.05) is 35.3 Å². The highest BCUT2D eigenvalue weighted by molar-refractivity contribution is 6.06. The molecule has 2 aromatic carbocycles. The Kier molecular flexibility index (Phi) is 3.97. The molecule has 1 aliphatic rings. The summed E-state index contributed by atoms with van der Waals surface area (Å²) < 4.78 is 1.26. The number of nitrogens with one attached hydrogen (secondary N) is 1. The number of carbonyl (C=O) groups excluding carboxylic acids is 1. The minimum atomic E-state index is -0.263. The van der Waals surface area contributed by atoms with E-state index in [0.717, 1.165) is 22.7 Å². The molecule has 0 saturated carbocycles. The maximum atomic E-state index is 12.8. The third-order valence-electron chi connectivity index (χ3n) is 5.62. The Balaban J connectivity index is 1.38. The maximum Gasteiger partial charge on any atom is 0.291 e. The Morgan fingerprint density at radius 1 is 1.07 bits per heavy atom. The number of para-hydroxylation sites is 1. The molecule has 5 rings (SSSR count). The molecule has 0 radical (unpaired) electrons. The summed E-state index contributed by atoms with van der Waals surface area (Å²) >= 11 is 0. The fraction of sp³-hybridized carbons (Fsp3) is 0.227. The zero-order chi connectivity index (χ0) is 19.1. The van der Waals surface area contributed by atoms with Gasteiger partial charge in [-0.1, -0.05) is 48.5 Å². The Hall–Kier alpha value is -3.41. The van der Waals surface area contributed by atoms with Crippen molar-refractivity contribution in [3.8, 4) is 0 Å². The topological polar surface area (TPSA) is 71.0 Å². The molecule has 1 atom stereocenters. The Morgan fingerprint density at radius 3 is 2.71 bits per heavy atom. The van der Waals surface area contributed by atoms with Gasteiger partial charge in [-0.2, -0.15) is 5.10 Å². The van der Waals surface area contributed by atoms with Crippen LogP contribution in [0.4, 0.5) is 0 Å². The van der Waals surface area contributed by atoms with Crippen molar-refractivity contribution >= 4 is 27.7 Å². The molecule has 1 saturated heterocycles. The number of hydrogen-bond acceptors (Lipinski definition) is 3. The van der Waals surface area contributed by atoms with E-state index in [1.807, 2.05) is 47.4 Å². The van der Waals surface area contributed by atoms with E-state index in [2.05, 4.69) is 22.2 Å². The number of hydrogen-bond donors (Lipinski definition) is 1. The summed E-state index contributed by atoms with van der Waals surface area (Å²) in [5.74, 6) is 0.287. The fourth-order valence-electron chi connectivity index (χ4n) is 4.10. The lowest BCUT2D eigenvalue weighted by Crippen LogP contribution is -2.36. The quantitative estimate of drug-likeness (QED) is 0.601. The monoisotopic (exact) mass is 372 g/mol. The minimum Gasteiger partial charge on any atom is -0.350 e. The van der Waals surface area contributed by atoms with Gasteiger partial charge in [-0.05, 0) is 18.1 Å². The molecular weight excluding hydrogens is 352 g/mol. The van der Waals surface area contributed by atoms with Crippen molar-refractivity contribution in [1.82, 2.24) is 19.7 Å².